The fourth-order valence-corrected chi connectivity index (χ4v) is 6.51. The van der Waals surface area contributed by atoms with Crippen LogP contribution in [0.3, 0.4) is 0 Å². The highest BCUT2D eigenvalue weighted by Crippen LogP contribution is 2.46. The summed E-state index contributed by atoms with van der Waals surface area (Å²) in [5.74, 6) is 0.261. The van der Waals surface area contributed by atoms with Gasteiger partial charge in [0.1, 0.15) is 4.88 Å². The lowest BCUT2D eigenvalue weighted by molar-refractivity contribution is 0.0530. The lowest BCUT2D eigenvalue weighted by Gasteiger charge is -2.29. The maximum Gasteiger partial charge on any atom is 0.348 e. The molecule has 0 amide bonds. The van der Waals surface area contributed by atoms with Crippen LogP contribution in [-0.2, 0) is 16.9 Å². The lowest BCUT2D eigenvalue weighted by Crippen LogP contribution is -2.27. The summed E-state index contributed by atoms with van der Waals surface area (Å²) in [4.78, 5) is 25.8. The van der Waals surface area contributed by atoms with E-state index < -0.39 is 0 Å². The van der Waals surface area contributed by atoms with Gasteiger partial charge >= 0.3 is 5.97 Å². The first-order valence-electron chi connectivity index (χ1n) is 8.65. The molecule has 0 saturated carbocycles. The van der Waals surface area contributed by atoms with Gasteiger partial charge in [0.25, 0.3) is 0 Å². The van der Waals surface area contributed by atoms with Crippen molar-refractivity contribution in [3.63, 3.8) is 0 Å². The van der Waals surface area contributed by atoms with Crippen LogP contribution in [0.2, 0.25) is 10.0 Å². The minimum atomic E-state index is -0.355. The molecular weight excluding hydrogens is 423 g/mol. The van der Waals surface area contributed by atoms with Crippen molar-refractivity contribution in [1.82, 2.24) is 0 Å². The zero-order valence-electron chi connectivity index (χ0n) is 15.4. The van der Waals surface area contributed by atoms with Crippen LogP contribution < -0.4 is 0 Å². The fraction of sp³-hybridized carbons (Fsp3) is 0.400. The molecule has 0 radical (unpaired) electrons. The van der Waals surface area contributed by atoms with Gasteiger partial charge in [-0.2, -0.15) is 0 Å². The summed E-state index contributed by atoms with van der Waals surface area (Å²) in [6, 6.07) is 5.40. The summed E-state index contributed by atoms with van der Waals surface area (Å²) in [6.45, 7) is 6.19. The smallest absolute Gasteiger partial charge is 0.348 e. The molecule has 1 aliphatic rings. The van der Waals surface area contributed by atoms with Gasteiger partial charge < -0.3 is 4.74 Å². The van der Waals surface area contributed by atoms with Crippen molar-refractivity contribution >= 4 is 58.1 Å². The molecule has 3 rings (SSSR count). The zero-order valence-corrected chi connectivity index (χ0v) is 18.5. The maximum atomic E-state index is 12.9. The van der Waals surface area contributed by atoms with Gasteiger partial charge in [-0.05, 0) is 42.0 Å². The zero-order chi connectivity index (χ0) is 19.8. The quantitative estimate of drug-likeness (QED) is 0.382. The van der Waals surface area contributed by atoms with Gasteiger partial charge in [-0.15, -0.1) is 23.1 Å². The Hall–Kier alpha value is -1.01. The van der Waals surface area contributed by atoms with E-state index in [1.165, 1.54) is 23.1 Å². The third kappa shape index (κ3) is 4.37. The van der Waals surface area contributed by atoms with Crippen molar-refractivity contribution in [3.8, 4) is 0 Å². The number of hydrogen-bond acceptors (Lipinski definition) is 5. The number of halogens is 2. The molecule has 1 aromatic heterocycles. The van der Waals surface area contributed by atoms with Gasteiger partial charge in [0.2, 0.25) is 0 Å². The minimum Gasteiger partial charge on any atom is -0.462 e. The van der Waals surface area contributed by atoms with E-state index in [4.69, 9.17) is 27.9 Å². The van der Waals surface area contributed by atoms with E-state index >= 15 is 0 Å². The maximum absolute atomic E-state index is 12.9. The van der Waals surface area contributed by atoms with Crippen molar-refractivity contribution < 1.29 is 14.3 Å². The van der Waals surface area contributed by atoms with Crippen molar-refractivity contribution in [3.05, 3.63) is 49.8 Å². The summed E-state index contributed by atoms with van der Waals surface area (Å²) in [6.07, 6.45) is 1.16. The van der Waals surface area contributed by atoms with E-state index in [1.54, 1.807) is 25.1 Å². The Morgan fingerprint density at radius 3 is 2.56 bits per heavy atom. The number of rotatable bonds is 5. The molecule has 3 nitrogen and oxygen atoms in total. The van der Waals surface area contributed by atoms with Gasteiger partial charge in [-0.3, -0.25) is 4.79 Å². The normalized spacial score (nSPS) is 15.5. The van der Waals surface area contributed by atoms with Crippen LogP contribution >= 0.6 is 46.3 Å². The van der Waals surface area contributed by atoms with E-state index in [9.17, 15) is 9.59 Å². The predicted molar refractivity (Wildman–Crippen MR) is 113 cm³/mol. The van der Waals surface area contributed by atoms with Crippen molar-refractivity contribution in [1.29, 1.82) is 0 Å². The van der Waals surface area contributed by atoms with E-state index in [-0.39, 0.29) is 17.2 Å². The number of ketones is 1. The van der Waals surface area contributed by atoms with Crippen molar-refractivity contribution in [2.24, 2.45) is 5.41 Å². The second-order valence-corrected chi connectivity index (χ2v) is 10.3. The summed E-state index contributed by atoms with van der Waals surface area (Å²) in [7, 11) is 0. The SMILES string of the molecule is CCOC(=O)c1sc(SCc2c(Cl)cccc2Cl)c2c1CC(C)(C)CC2=O. The highest BCUT2D eigenvalue weighted by molar-refractivity contribution is 8.00. The van der Waals surface area contributed by atoms with Gasteiger partial charge in [-0.1, -0.05) is 43.1 Å². The molecule has 144 valence electrons. The average Bonchev–Trinajstić information content (AvgIpc) is 2.92. The largest absolute Gasteiger partial charge is 0.462 e. The van der Waals surface area contributed by atoms with Crippen LogP contribution in [0.4, 0.5) is 0 Å². The molecule has 0 fully saturated rings. The van der Waals surface area contributed by atoms with Gasteiger partial charge in [0.05, 0.1) is 10.8 Å². The monoisotopic (exact) mass is 442 g/mol. The van der Waals surface area contributed by atoms with E-state index in [0.29, 0.717) is 45.7 Å². The number of carbonyl (C=O) groups excluding carboxylic acids is 2. The second-order valence-electron chi connectivity index (χ2n) is 7.22. The number of ether oxygens (including phenoxy) is 1. The van der Waals surface area contributed by atoms with E-state index in [1.807, 2.05) is 0 Å². The molecule has 1 heterocycles. The first-order valence-corrected chi connectivity index (χ1v) is 11.2. The molecule has 7 heteroatoms. The Morgan fingerprint density at radius 2 is 1.93 bits per heavy atom. The van der Waals surface area contributed by atoms with Crippen LogP contribution in [0.25, 0.3) is 0 Å². The molecule has 0 N–H and O–H groups in total. The summed E-state index contributed by atoms with van der Waals surface area (Å²) >= 11 is 15.4. The molecule has 0 unspecified atom stereocenters. The standard InChI is InChI=1S/C20H20Cl2O3S2/c1-4-25-18(24)17-11-8-20(2,3)9-15(23)16(11)19(27-17)26-10-12-13(21)6-5-7-14(12)22/h5-7H,4,8-10H2,1-3H3. The number of carbonyl (C=O) groups is 2. The van der Waals surface area contributed by atoms with Gasteiger partial charge in [0.15, 0.2) is 5.78 Å². The van der Waals surface area contributed by atoms with Gasteiger partial charge in [0, 0.05) is 27.8 Å². The van der Waals surface area contributed by atoms with Crippen molar-refractivity contribution in [2.75, 3.05) is 6.61 Å². The molecule has 0 spiro atoms. The number of thiophene rings is 1. The second kappa shape index (κ2) is 8.16. The predicted octanol–water partition coefficient (Wildman–Crippen LogP) is 6.68. The highest BCUT2D eigenvalue weighted by atomic mass is 35.5. The fourth-order valence-electron chi connectivity index (χ4n) is 3.23. The lowest BCUT2D eigenvalue weighted by atomic mass is 9.74. The Balaban J connectivity index is 1.99. The Kier molecular flexibility index (Phi) is 6.26. The number of esters is 1. The number of thioether (sulfide) groups is 1. The number of hydrogen-bond donors (Lipinski definition) is 0. The summed E-state index contributed by atoms with van der Waals surface area (Å²) < 4.78 is 6.06. The Labute approximate surface area is 177 Å². The van der Waals surface area contributed by atoms with Crippen LogP contribution in [0.1, 0.15) is 58.3 Å². The first kappa shape index (κ1) is 20.7. The number of fused-ring (bicyclic) bond motifs is 1. The third-order valence-electron chi connectivity index (χ3n) is 4.42. The van der Waals surface area contributed by atoms with Crippen LogP contribution in [-0.4, -0.2) is 18.4 Å². The third-order valence-corrected chi connectivity index (χ3v) is 7.64. The number of benzene rings is 1. The Bertz CT molecular complexity index is 883. The molecule has 27 heavy (non-hydrogen) atoms. The van der Waals surface area contributed by atoms with Gasteiger partial charge in [-0.25, -0.2) is 4.79 Å². The van der Waals surface area contributed by atoms with Crippen molar-refractivity contribution in [2.45, 2.75) is 43.6 Å². The van der Waals surface area contributed by atoms with E-state index in [0.717, 1.165) is 15.3 Å². The molecule has 0 bridgehead atoms. The van der Waals surface area contributed by atoms with Crippen LogP contribution in [0.15, 0.2) is 22.4 Å². The minimum absolute atomic E-state index is 0.0841. The summed E-state index contributed by atoms with van der Waals surface area (Å²) in [5, 5.41) is 1.19. The average molecular weight is 443 g/mol. The molecule has 0 atom stereocenters. The molecule has 1 aromatic carbocycles. The topological polar surface area (TPSA) is 43.4 Å². The molecule has 2 aromatic rings. The van der Waals surface area contributed by atoms with E-state index in [2.05, 4.69) is 13.8 Å². The molecular formula is C20H20Cl2O3S2. The molecule has 0 aliphatic heterocycles. The summed E-state index contributed by atoms with van der Waals surface area (Å²) in [5.41, 5.74) is 2.16. The van der Waals surface area contributed by atoms with Crippen LogP contribution in [0, 0.1) is 5.41 Å². The molecule has 1 aliphatic carbocycles. The molecule has 0 saturated heterocycles. The number of Topliss-reactive ketones (excluding diaryl/α,β-unsaturated/α-hetero) is 1. The first-order chi connectivity index (χ1) is 12.7. The Morgan fingerprint density at radius 1 is 1.26 bits per heavy atom. The van der Waals surface area contributed by atoms with Crippen LogP contribution in [0.5, 0.6) is 0 Å². The highest BCUT2D eigenvalue weighted by Gasteiger charge is 2.38.